The van der Waals surface area contributed by atoms with E-state index in [9.17, 15) is 10.1 Å². The second-order valence-corrected chi connectivity index (χ2v) is 4.76. The monoisotopic (exact) mass is 245 g/mol. The van der Waals surface area contributed by atoms with Crippen LogP contribution < -0.4 is 4.90 Å². The number of rotatable bonds is 2. The predicted molar refractivity (Wildman–Crippen MR) is 68.4 cm³/mol. The summed E-state index contributed by atoms with van der Waals surface area (Å²) in [5, 5.41) is 19.8. The van der Waals surface area contributed by atoms with Crippen LogP contribution in [-0.4, -0.2) is 18.0 Å². The van der Waals surface area contributed by atoms with Gasteiger partial charge in [0, 0.05) is 25.2 Å². The number of nitro benzene ring substituents is 1. The topological polar surface area (TPSA) is 70.2 Å². The summed E-state index contributed by atoms with van der Waals surface area (Å²) in [5.74, 6) is 0.598. The van der Waals surface area contributed by atoms with E-state index in [0.717, 1.165) is 25.2 Å². The molecule has 1 heterocycles. The molecule has 1 fully saturated rings. The van der Waals surface area contributed by atoms with Gasteiger partial charge in [0.25, 0.3) is 5.69 Å². The van der Waals surface area contributed by atoms with Crippen LogP contribution in [0.3, 0.4) is 0 Å². The molecule has 18 heavy (non-hydrogen) atoms. The molecule has 0 bridgehead atoms. The van der Waals surface area contributed by atoms with Gasteiger partial charge in [-0.3, -0.25) is 10.1 Å². The zero-order valence-electron chi connectivity index (χ0n) is 10.3. The lowest BCUT2D eigenvalue weighted by Gasteiger charge is -2.33. The Morgan fingerprint density at radius 2 is 2.33 bits per heavy atom. The molecule has 1 atom stereocenters. The summed E-state index contributed by atoms with van der Waals surface area (Å²) < 4.78 is 0. The molecule has 0 unspecified atom stereocenters. The number of nitrogens with zero attached hydrogens (tertiary/aromatic N) is 3. The Hall–Kier alpha value is -2.09. The molecular weight excluding hydrogens is 230 g/mol. The van der Waals surface area contributed by atoms with Crippen LogP contribution >= 0.6 is 0 Å². The summed E-state index contributed by atoms with van der Waals surface area (Å²) in [5.41, 5.74) is 1.17. The standard InChI is InChI=1S/C13H15N3O2/c1-10-3-2-6-15(9-10)13-5-4-12(16(17)18)7-11(13)8-14/h4-5,7,10H,2-3,6,9H2,1H3/t10-/m1/s1. The van der Waals surface area contributed by atoms with Crippen LogP contribution in [-0.2, 0) is 0 Å². The largest absolute Gasteiger partial charge is 0.370 e. The lowest BCUT2D eigenvalue weighted by atomic mass is 9.99. The van der Waals surface area contributed by atoms with E-state index in [1.54, 1.807) is 6.07 Å². The Balaban J connectivity index is 2.33. The summed E-state index contributed by atoms with van der Waals surface area (Å²) >= 11 is 0. The highest BCUT2D eigenvalue weighted by Gasteiger charge is 2.20. The second-order valence-electron chi connectivity index (χ2n) is 4.76. The van der Waals surface area contributed by atoms with E-state index in [2.05, 4.69) is 17.9 Å². The molecule has 0 amide bonds. The maximum atomic E-state index is 10.7. The maximum absolute atomic E-state index is 10.7. The molecule has 2 rings (SSSR count). The van der Waals surface area contributed by atoms with Gasteiger partial charge in [-0.1, -0.05) is 6.92 Å². The van der Waals surface area contributed by atoms with E-state index in [0.29, 0.717) is 11.5 Å². The minimum Gasteiger partial charge on any atom is -0.370 e. The van der Waals surface area contributed by atoms with Gasteiger partial charge in [-0.15, -0.1) is 0 Å². The molecule has 1 saturated heterocycles. The van der Waals surface area contributed by atoms with Crippen LogP contribution in [0.4, 0.5) is 11.4 Å². The van der Waals surface area contributed by atoms with Gasteiger partial charge in [0.1, 0.15) is 6.07 Å². The normalized spacial score (nSPS) is 19.3. The molecule has 5 nitrogen and oxygen atoms in total. The van der Waals surface area contributed by atoms with Crippen molar-refractivity contribution in [2.24, 2.45) is 5.92 Å². The molecule has 1 aromatic rings. The number of piperidine rings is 1. The number of benzene rings is 1. The van der Waals surface area contributed by atoms with Gasteiger partial charge in [0.05, 0.1) is 16.2 Å². The Morgan fingerprint density at radius 3 is 2.94 bits per heavy atom. The summed E-state index contributed by atoms with van der Waals surface area (Å²) in [6, 6.07) is 6.57. The second kappa shape index (κ2) is 5.05. The van der Waals surface area contributed by atoms with Gasteiger partial charge < -0.3 is 4.90 Å². The van der Waals surface area contributed by atoms with E-state index in [1.807, 2.05) is 0 Å². The van der Waals surface area contributed by atoms with Crippen molar-refractivity contribution in [1.82, 2.24) is 0 Å². The van der Waals surface area contributed by atoms with Crippen molar-refractivity contribution in [2.45, 2.75) is 19.8 Å². The summed E-state index contributed by atoms with van der Waals surface area (Å²) in [6.07, 6.45) is 2.30. The number of nitro groups is 1. The number of anilines is 1. The molecule has 94 valence electrons. The molecule has 0 radical (unpaired) electrons. The zero-order valence-corrected chi connectivity index (χ0v) is 10.3. The highest BCUT2D eigenvalue weighted by Crippen LogP contribution is 2.28. The van der Waals surface area contributed by atoms with Crippen LogP contribution in [0.1, 0.15) is 25.3 Å². The number of non-ortho nitro benzene ring substituents is 1. The Labute approximate surface area is 106 Å². The number of nitriles is 1. The fraction of sp³-hybridized carbons (Fsp3) is 0.462. The van der Waals surface area contributed by atoms with Crippen molar-refractivity contribution >= 4 is 11.4 Å². The van der Waals surface area contributed by atoms with Gasteiger partial charge >= 0.3 is 0 Å². The molecule has 1 aliphatic heterocycles. The fourth-order valence-electron chi connectivity index (χ4n) is 2.41. The van der Waals surface area contributed by atoms with Crippen LogP contribution in [0.15, 0.2) is 18.2 Å². The highest BCUT2D eigenvalue weighted by atomic mass is 16.6. The third-order valence-electron chi connectivity index (χ3n) is 3.31. The SMILES string of the molecule is C[C@@H]1CCCN(c2ccc([N+](=O)[O-])cc2C#N)C1. The van der Waals surface area contributed by atoms with E-state index in [-0.39, 0.29) is 5.69 Å². The van der Waals surface area contributed by atoms with Crippen molar-refractivity contribution < 1.29 is 4.92 Å². The highest BCUT2D eigenvalue weighted by molar-refractivity contribution is 5.63. The lowest BCUT2D eigenvalue weighted by Crippen LogP contribution is -2.34. The third kappa shape index (κ3) is 2.43. The van der Waals surface area contributed by atoms with Gasteiger partial charge in [0.15, 0.2) is 0 Å². The summed E-state index contributed by atoms with van der Waals surface area (Å²) in [4.78, 5) is 12.4. The van der Waals surface area contributed by atoms with Gasteiger partial charge in [-0.25, -0.2) is 0 Å². The quantitative estimate of drug-likeness (QED) is 0.593. The van der Waals surface area contributed by atoms with Crippen LogP contribution in [0.25, 0.3) is 0 Å². The molecule has 0 saturated carbocycles. The average molecular weight is 245 g/mol. The van der Waals surface area contributed by atoms with E-state index in [4.69, 9.17) is 5.26 Å². The van der Waals surface area contributed by atoms with Gasteiger partial charge in [0.2, 0.25) is 0 Å². The van der Waals surface area contributed by atoms with Crippen LogP contribution in [0.2, 0.25) is 0 Å². The predicted octanol–water partition coefficient (Wildman–Crippen LogP) is 2.70. The fourth-order valence-corrected chi connectivity index (χ4v) is 2.41. The smallest absolute Gasteiger partial charge is 0.270 e. The molecule has 1 aliphatic rings. The first kappa shape index (κ1) is 12.4. The Morgan fingerprint density at radius 1 is 1.56 bits per heavy atom. The Kier molecular flexibility index (Phi) is 3.47. The van der Waals surface area contributed by atoms with E-state index >= 15 is 0 Å². The van der Waals surface area contributed by atoms with Crippen molar-refractivity contribution in [1.29, 1.82) is 5.26 Å². The van der Waals surface area contributed by atoms with E-state index in [1.165, 1.54) is 18.6 Å². The van der Waals surface area contributed by atoms with Crippen molar-refractivity contribution in [2.75, 3.05) is 18.0 Å². The number of hydrogen-bond donors (Lipinski definition) is 0. The molecule has 5 heteroatoms. The molecular formula is C13H15N3O2. The van der Waals surface area contributed by atoms with Crippen molar-refractivity contribution in [3.63, 3.8) is 0 Å². The molecule has 0 spiro atoms. The van der Waals surface area contributed by atoms with Crippen molar-refractivity contribution in [3.8, 4) is 6.07 Å². The van der Waals surface area contributed by atoms with Crippen LogP contribution in [0, 0.1) is 27.4 Å². The lowest BCUT2D eigenvalue weighted by molar-refractivity contribution is -0.384. The molecule has 1 aromatic carbocycles. The third-order valence-corrected chi connectivity index (χ3v) is 3.31. The first-order chi connectivity index (χ1) is 8.61. The summed E-state index contributed by atoms with van der Waals surface area (Å²) in [7, 11) is 0. The zero-order chi connectivity index (χ0) is 13.1. The Bertz CT molecular complexity index is 507. The minimum atomic E-state index is -0.469. The minimum absolute atomic E-state index is 0.0274. The summed E-state index contributed by atoms with van der Waals surface area (Å²) in [6.45, 7) is 4.01. The first-order valence-electron chi connectivity index (χ1n) is 6.05. The average Bonchev–Trinajstić information content (AvgIpc) is 2.37. The maximum Gasteiger partial charge on any atom is 0.270 e. The number of hydrogen-bond acceptors (Lipinski definition) is 4. The van der Waals surface area contributed by atoms with Crippen molar-refractivity contribution in [3.05, 3.63) is 33.9 Å². The van der Waals surface area contributed by atoms with Gasteiger partial charge in [-0.05, 0) is 24.8 Å². The molecule has 0 aliphatic carbocycles. The molecule has 0 aromatic heterocycles. The van der Waals surface area contributed by atoms with Crippen LogP contribution in [0.5, 0.6) is 0 Å². The van der Waals surface area contributed by atoms with E-state index < -0.39 is 4.92 Å². The molecule has 0 N–H and O–H groups in total. The van der Waals surface area contributed by atoms with Gasteiger partial charge in [-0.2, -0.15) is 5.26 Å². The first-order valence-corrected chi connectivity index (χ1v) is 6.05.